The molecule has 2 heterocycles. The van der Waals surface area contributed by atoms with Crippen molar-refractivity contribution >= 4 is 23.2 Å². The number of alkyl halides is 2. The molecule has 0 atom stereocenters. The van der Waals surface area contributed by atoms with E-state index in [2.05, 4.69) is 15.4 Å². The summed E-state index contributed by atoms with van der Waals surface area (Å²) in [5.41, 5.74) is 2.42. The second-order valence-electron chi connectivity index (χ2n) is 8.01. The molecule has 34 heavy (non-hydrogen) atoms. The number of fused-ring (bicyclic) bond motifs is 1. The standard InChI is InChI=1S/C25H22F2N4O3/c1-14(2)34-25(33)17-8-10-18(11-9-17)29-24(32)19-13-28-31-21(22(26)27)12-20(30-23(19)31)16-6-4-15(3)5-7-16/h4-14,22H,1-3H3,(H,29,32). The largest absolute Gasteiger partial charge is 0.459 e. The molecule has 0 spiro atoms. The van der Waals surface area contributed by atoms with Gasteiger partial charge in [-0.15, -0.1) is 0 Å². The second-order valence-corrected chi connectivity index (χ2v) is 8.01. The van der Waals surface area contributed by atoms with Crippen molar-refractivity contribution in [1.29, 1.82) is 0 Å². The van der Waals surface area contributed by atoms with Crippen molar-refractivity contribution in [2.45, 2.75) is 33.3 Å². The number of aromatic nitrogens is 3. The van der Waals surface area contributed by atoms with Gasteiger partial charge in [0.15, 0.2) is 5.65 Å². The molecule has 0 aliphatic rings. The van der Waals surface area contributed by atoms with Gasteiger partial charge < -0.3 is 10.1 Å². The van der Waals surface area contributed by atoms with Crippen LogP contribution in [0.2, 0.25) is 0 Å². The lowest BCUT2D eigenvalue weighted by Crippen LogP contribution is -2.14. The van der Waals surface area contributed by atoms with Crippen LogP contribution in [0.25, 0.3) is 16.9 Å². The van der Waals surface area contributed by atoms with Gasteiger partial charge in [0, 0.05) is 11.3 Å². The lowest BCUT2D eigenvalue weighted by atomic mass is 10.1. The summed E-state index contributed by atoms with van der Waals surface area (Å²) in [6.07, 6.45) is -1.86. The Morgan fingerprint density at radius 2 is 1.71 bits per heavy atom. The Balaban J connectivity index is 1.65. The number of benzene rings is 2. The average Bonchev–Trinajstić information content (AvgIpc) is 3.23. The Morgan fingerprint density at radius 3 is 2.32 bits per heavy atom. The van der Waals surface area contributed by atoms with E-state index in [4.69, 9.17) is 4.74 Å². The molecular formula is C25H22F2N4O3. The van der Waals surface area contributed by atoms with Crippen LogP contribution in [0.5, 0.6) is 0 Å². The second kappa shape index (κ2) is 9.38. The minimum atomic E-state index is -2.82. The Labute approximate surface area is 194 Å². The number of carbonyl (C=O) groups is 2. The number of ether oxygens (including phenoxy) is 1. The topological polar surface area (TPSA) is 85.6 Å². The van der Waals surface area contributed by atoms with E-state index in [1.807, 2.05) is 19.1 Å². The van der Waals surface area contributed by atoms with E-state index in [1.165, 1.54) is 24.4 Å². The van der Waals surface area contributed by atoms with Gasteiger partial charge >= 0.3 is 5.97 Å². The molecule has 9 heteroatoms. The van der Waals surface area contributed by atoms with Crippen LogP contribution in [-0.2, 0) is 4.74 Å². The molecule has 0 aliphatic carbocycles. The fourth-order valence-electron chi connectivity index (χ4n) is 3.34. The van der Waals surface area contributed by atoms with Crippen LogP contribution in [0.3, 0.4) is 0 Å². The van der Waals surface area contributed by atoms with Crippen LogP contribution >= 0.6 is 0 Å². The van der Waals surface area contributed by atoms with Crippen molar-refractivity contribution in [3.63, 3.8) is 0 Å². The van der Waals surface area contributed by atoms with Crippen LogP contribution < -0.4 is 5.32 Å². The molecular weight excluding hydrogens is 442 g/mol. The molecule has 174 valence electrons. The summed E-state index contributed by atoms with van der Waals surface area (Å²) in [5.74, 6) is -1.04. The van der Waals surface area contributed by atoms with Crippen molar-refractivity contribution in [1.82, 2.24) is 14.6 Å². The molecule has 0 fully saturated rings. The molecule has 0 saturated carbocycles. The average molecular weight is 464 g/mol. The number of halogens is 2. The van der Waals surface area contributed by atoms with Crippen LogP contribution in [0.15, 0.2) is 60.8 Å². The molecule has 2 aromatic heterocycles. The first-order valence-electron chi connectivity index (χ1n) is 10.6. The molecule has 4 aromatic rings. The van der Waals surface area contributed by atoms with Gasteiger partial charge in [-0.05, 0) is 51.1 Å². The zero-order valence-electron chi connectivity index (χ0n) is 18.8. The van der Waals surface area contributed by atoms with Gasteiger partial charge in [-0.1, -0.05) is 29.8 Å². The zero-order valence-corrected chi connectivity index (χ0v) is 18.8. The number of amides is 1. The third-order valence-corrected chi connectivity index (χ3v) is 5.04. The lowest BCUT2D eigenvalue weighted by molar-refractivity contribution is 0.0378. The van der Waals surface area contributed by atoms with Gasteiger partial charge in [-0.3, -0.25) is 4.79 Å². The number of esters is 1. The van der Waals surface area contributed by atoms with Crippen molar-refractivity contribution in [3.05, 3.63) is 83.2 Å². The van der Waals surface area contributed by atoms with E-state index in [-0.39, 0.29) is 23.0 Å². The number of nitrogens with zero attached hydrogens (tertiary/aromatic N) is 3. The summed E-state index contributed by atoms with van der Waals surface area (Å²) in [7, 11) is 0. The van der Waals surface area contributed by atoms with Crippen LogP contribution in [0.4, 0.5) is 14.5 Å². The van der Waals surface area contributed by atoms with Gasteiger partial charge in [0.1, 0.15) is 11.3 Å². The minimum Gasteiger partial charge on any atom is -0.459 e. The molecule has 7 nitrogen and oxygen atoms in total. The highest BCUT2D eigenvalue weighted by atomic mass is 19.3. The first-order valence-corrected chi connectivity index (χ1v) is 10.6. The normalized spacial score (nSPS) is 11.3. The predicted molar refractivity (Wildman–Crippen MR) is 123 cm³/mol. The molecule has 1 amide bonds. The van der Waals surface area contributed by atoms with Crippen molar-refractivity contribution in [2.24, 2.45) is 0 Å². The van der Waals surface area contributed by atoms with Crippen LogP contribution in [0, 0.1) is 6.92 Å². The van der Waals surface area contributed by atoms with E-state index in [0.29, 0.717) is 22.5 Å². The van der Waals surface area contributed by atoms with E-state index in [0.717, 1.165) is 10.1 Å². The number of aryl methyl sites for hydroxylation is 1. The van der Waals surface area contributed by atoms with Crippen molar-refractivity contribution in [2.75, 3.05) is 5.32 Å². The predicted octanol–water partition coefficient (Wildman–Crippen LogP) is 5.46. The molecule has 1 N–H and O–H groups in total. The third-order valence-electron chi connectivity index (χ3n) is 5.04. The molecule has 0 radical (unpaired) electrons. The van der Waals surface area contributed by atoms with Crippen LogP contribution in [-0.4, -0.2) is 32.6 Å². The van der Waals surface area contributed by atoms with Crippen molar-refractivity contribution < 1.29 is 23.1 Å². The summed E-state index contributed by atoms with van der Waals surface area (Å²) in [6.45, 7) is 5.42. The summed E-state index contributed by atoms with van der Waals surface area (Å²) in [5, 5.41) is 6.66. The highest BCUT2D eigenvalue weighted by Crippen LogP contribution is 2.27. The fourth-order valence-corrected chi connectivity index (χ4v) is 3.34. The maximum absolute atomic E-state index is 13.8. The number of carbonyl (C=O) groups excluding carboxylic acids is 2. The number of hydrogen-bond donors (Lipinski definition) is 1. The first kappa shape index (κ1) is 23.0. The SMILES string of the molecule is Cc1ccc(-c2cc(C(F)F)n3ncc(C(=O)Nc4ccc(C(=O)OC(C)C)cc4)c3n2)cc1. The maximum atomic E-state index is 13.8. The summed E-state index contributed by atoms with van der Waals surface area (Å²) < 4.78 is 33.7. The Kier molecular flexibility index (Phi) is 6.36. The van der Waals surface area contributed by atoms with Gasteiger partial charge in [-0.25, -0.2) is 23.1 Å². The monoisotopic (exact) mass is 464 g/mol. The summed E-state index contributed by atoms with van der Waals surface area (Å²) >= 11 is 0. The maximum Gasteiger partial charge on any atom is 0.338 e. The van der Waals surface area contributed by atoms with Crippen LogP contribution in [0.1, 0.15) is 52.2 Å². The number of nitrogens with one attached hydrogen (secondary N) is 1. The summed E-state index contributed by atoms with van der Waals surface area (Å²) in [6, 6.07) is 14.7. The number of hydrogen-bond acceptors (Lipinski definition) is 5. The lowest BCUT2D eigenvalue weighted by Gasteiger charge is -2.10. The van der Waals surface area contributed by atoms with E-state index >= 15 is 0 Å². The number of rotatable bonds is 6. The Hall–Kier alpha value is -4.14. The molecule has 0 saturated heterocycles. The first-order chi connectivity index (χ1) is 16.2. The molecule has 4 rings (SSSR count). The van der Waals surface area contributed by atoms with Gasteiger partial charge in [-0.2, -0.15) is 5.10 Å². The Bertz CT molecular complexity index is 1350. The van der Waals surface area contributed by atoms with Crippen molar-refractivity contribution in [3.8, 4) is 11.3 Å². The zero-order chi connectivity index (χ0) is 24.4. The fraction of sp³-hybridized carbons (Fsp3) is 0.200. The Morgan fingerprint density at radius 1 is 1.03 bits per heavy atom. The summed E-state index contributed by atoms with van der Waals surface area (Å²) in [4.78, 5) is 29.4. The minimum absolute atomic E-state index is 0.0167. The molecule has 2 aromatic carbocycles. The third kappa shape index (κ3) is 4.78. The van der Waals surface area contributed by atoms with E-state index < -0.39 is 18.3 Å². The highest BCUT2D eigenvalue weighted by Gasteiger charge is 2.22. The van der Waals surface area contributed by atoms with Gasteiger partial charge in [0.25, 0.3) is 12.3 Å². The van der Waals surface area contributed by atoms with E-state index in [9.17, 15) is 18.4 Å². The molecule has 0 unspecified atom stereocenters. The van der Waals surface area contributed by atoms with E-state index in [1.54, 1.807) is 38.1 Å². The highest BCUT2D eigenvalue weighted by molar-refractivity contribution is 6.08. The number of anilines is 1. The molecule has 0 aliphatic heterocycles. The smallest absolute Gasteiger partial charge is 0.338 e. The van der Waals surface area contributed by atoms with Gasteiger partial charge in [0.05, 0.1) is 23.6 Å². The quantitative estimate of drug-likeness (QED) is 0.383. The molecule has 0 bridgehead atoms. The van der Waals surface area contributed by atoms with Gasteiger partial charge in [0.2, 0.25) is 0 Å².